The number of carbonyl (C=O) groups is 1. The third-order valence-electron chi connectivity index (χ3n) is 4.86. The molecule has 0 aromatic heterocycles. The smallest absolute Gasteiger partial charge is 0.311 e. The van der Waals surface area contributed by atoms with Gasteiger partial charge in [-0.2, -0.15) is 0 Å². The lowest BCUT2D eigenvalue weighted by Crippen LogP contribution is -2.56. The number of nitrogens with zero attached hydrogens (tertiary/aromatic N) is 1. The van der Waals surface area contributed by atoms with Crippen LogP contribution in [0.15, 0.2) is 0 Å². The standard InChI is InChI=1S/C15H25NO4.ClH/c1-12(2,3)11(17)18-8-15-9-19-13(4)6-7-14(5,16(13)15)20-10-15;/h6-10H2,1-5H3;1H. The summed E-state index contributed by atoms with van der Waals surface area (Å²) in [6, 6.07) is 0. The average molecular weight is 320 g/mol. The molecule has 3 rings (SSSR count). The van der Waals surface area contributed by atoms with Crippen molar-refractivity contribution in [3.8, 4) is 0 Å². The minimum atomic E-state index is -0.479. The van der Waals surface area contributed by atoms with Gasteiger partial charge in [-0.3, -0.25) is 4.79 Å². The van der Waals surface area contributed by atoms with Gasteiger partial charge >= 0.3 is 5.97 Å². The van der Waals surface area contributed by atoms with Crippen LogP contribution in [0.25, 0.3) is 0 Å². The molecule has 0 radical (unpaired) electrons. The Morgan fingerprint density at radius 3 is 2.05 bits per heavy atom. The molecule has 5 nitrogen and oxygen atoms in total. The zero-order valence-corrected chi connectivity index (χ0v) is 14.3. The second kappa shape index (κ2) is 4.82. The summed E-state index contributed by atoms with van der Waals surface area (Å²) in [6.45, 7) is 11.3. The Labute approximate surface area is 132 Å². The summed E-state index contributed by atoms with van der Waals surface area (Å²) in [5.41, 5.74) is -1.35. The molecule has 0 aromatic carbocycles. The van der Waals surface area contributed by atoms with E-state index in [1.165, 1.54) is 0 Å². The Hall–Kier alpha value is -0.360. The summed E-state index contributed by atoms with van der Waals surface area (Å²) in [6.07, 6.45) is 1.91. The molecule has 2 unspecified atom stereocenters. The van der Waals surface area contributed by atoms with E-state index >= 15 is 0 Å². The van der Waals surface area contributed by atoms with E-state index in [4.69, 9.17) is 14.2 Å². The summed E-state index contributed by atoms with van der Waals surface area (Å²) in [5.74, 6) is -0.173. The van der Waals surface area contributed by atoms with Gasteiger partial charge in [0.1, 0.15) is 23.6 Å². The van der Waals surface area contributed by atoms with Crippen LogP contribution in [0.5, 0.6) is 0 Å². The molecule has 3 heterocycles. The summed E-state index contributed by atoms with van der Waals surface area (Å²) in [5, 5.41) is 0. The first-order valence-corrected chi connectivity index (χ1v) is 7.37. The molecule has 3 aliphatic rings. The number of ether oxygens (including phenoxy) is 3. The highest BCUT2D eigenvalue weighted by Gasteiger charge is 2.69. The van der Waals surface area contributed by atoms with Gasteiger partial charge in [-0.1, -0.05) is 0 Å². The van der Waals surface area contributed by atoms with Crippen LogP contribution in [-0.4, -0.2) is 47.7 Å². The van der Waals surface area contributed by atoms with E-state index in [0.29, 0.717) is 19.8 Å². The maximum absolute atomic E-state index is 12.0. The van der Waals surface area contributed by atoms with Gasteiger partial charge in [-0.05, 0) is 47.5 Å². The molecule has 0 aliphatic carbocycles. The number of halogens is 1. The highest BCUT2D eigenvalue weighted by atomic mass is 35.5. The highest BCUT2D eigenvalue weighted by Crippen LogP contribution is 2.55. The number of hydrogen-bond acceptors (Lipinski definition) is 5. The molecule has 0 N–H and O–H groups in total. The maximum atomic E-state index is 12.0. The van der Waals surface area contributed by atoms with E-state index in [0.717, 1.165) is 12.8 Å². The molecule has 3 aliphatic heterocycles. The lowest BCUT2D eigenvalue weighted by atomic mass is 9.97. The van der Waals surface area contributed by atoms with Gasteiger partial charge in [0.2, 0.25) is 0 Å². The van der Waals surface area contributed by atoms with E-state index in [2.05, 4.69) is 18.7 Å². The van der Waals surface area contributed by atoms with Crippen LogP contribution >= 0.6 is 12.4 Å². The van der Waals surface area contributed by atoms with Crippen molar-refractivity contribution in [2.24, 2.45) is 5.41 Å². The second-order valence-electron chi connectivity index (χ2n) is 7.81. The SMILES string of the molecule is CC(C)(C)C(=O)OCC12COC3(C)CCC(C)(OC1)N23.Cl. The predicted molar refractivity (Wildman–Crippen MR) is 80.2 cm³/mol. The molecule has 21 heavy (non-hydrogen) atoms. The Balaban J connectivity index is 0.00000161. The molecule has 122 valence electrons. The van der Waals surface area contributed by atoms with Crippen LogP contribution in [0.1, 0.15) is 47.5 Å². The van der Waals surface area contributed by atoms with E-state index in [1.807, 2.05) is 20.8 Å². The zero-order valence-electron chi connectivity index (χ0n) is 13.5. The van der Waals surface area contributed by atoms with Gasteiger partial charge in [-0.25, -0.2) is 4.90 Å². The largest absolute Gasteiger partial charge is 0.463 e. The van der Waals surface area contributed by atoms with E-state index in [-0.39, 0.29) is 35.4 Å². The molecule has 6 heteroatoms. The third-order valence-corrected chi connectivity index (χ3v) is 4.86. The van der Waals surface area contributed by atoms with Crippen molar-refractivity contribution in [3.63, 3.8) is 0 Å². The van der Waals surface area contributed by atoms with Crippen molar-refractivity contribution < 1.29 is 19.0 Å². The fourth-order valence-corrected chi connectivity index (χ4v) is 3.78. The van der Waals surface area contributed by atoms with Crippen LogP contribution < -0.4 is 0 Å². The van der Waals surface area contributed by atoms with Gasteiger partial charge in [0.05, 0.1) is 18.6 Å². The van der Waals surface area contributed by atoms with Crippen molar-refractivity contribution in [2.75, 3.05) is 19.8 Å². The van der Waals surface area contributed by atoms with Crippen molar-refractivity contribution in [1.29, 1.82) is 0 Å². The topological polar surface area (TPSA) is 48.0 Å². The molecule has 0 saturated carbocycles. The average Bonchev–Trinajstić information content (AvgIpc) is 2.91. The van der Waals surface area contributed by atoms with E-state index < -0.39 is 5.41 Å². The van der Waals surface area contributed by atoms with Crippen LogP contribution in [0.2, 0.25) is 0 Å². The zero-order chi connectivity index (χ0) is 14.8. The maximum Gasteiger partial charge on any atom is 0.311 e. The Kier molecular flexibility index (Phi) is 3.90. The van der Waals surface area contributed by atoms with Crippen molar-refractivity contribution in [1.82, 2.24) is 4.90 Å². The molecule has 2 atom stereocenters. The monoisotopic (exact) mass is 319 g/mol. The van der Waals surface area contributed by atoms with Gasteiger partial charge < -0.3 is 14.2 Å². The van der Waals surface area contributed by atoms with Crippen LogP contribution in [0.3, 0.4) is 0 Å². The van der Waals surface area contributed by atoms with Crippen LogP contribution in [0.4, 0.5) is 0 Å². The van der Waals surface area contributed by atoms with Gasteiger partial charge in [0.25, 0.3) is 0 Å². The molecule has 0 aromatic rings. The van der Waals surface area contributed by atoms with Crippen molar-refractivity contribution in [3.05, 3.63) is 0 Å². The minimum Gasteiger partial charge on any atom is -0.463 e. The van der Waals surface area contributed by atoms with Crippen molar-refractivity contribution >= 4 is 18.4 Å². The van der Waals surface area contributed by atoms with Crippen molar-refractivity contribution in [2.45, 2.75) is 64.4 Å². The first kappa shape index (κ1) is 17.0. The van der Waals surface area contributed by atoms with E-state index in [1.54, 1.807) is 0 Å². The van der Waals surface area contributed by atoms with Gasteiger partial charge in [0.15, 0.2) is 0 Å². The van der Waals surface area contributed by atoms with Gasteiger partial charge in [0, 0.05) is 0 Å². The molecule has 3 saturated heterocycles. The lowest BCUT2D eigenvalue weighted by Gasteiger charge is -2.37. The molecular formula is C15H26ClNO4. The molecule has 0 amide bonds. The molecule has 0 spiro atoms. The van der Waals surface area contributed by atoms with Gasteiger partial charge in [-0.15, -0.1) is 12.4 Å². The number of esters is 1. The third kappa shape index (κ3) is 2.38. The first-order chi connectivity index (χ1) is 9.12. The Morgan fingerprint density at radius 2 is 1.62 bits per heavy atom. The summed E-state index contributed by atoms with van der Waals surface area (Å²) in [7, 11) is 0. The summed E-state index contributed by atoms with van der Waals surface area (Å²) < 4.78 is 17.6. The summed E-state index contributed by atoms with van der Waals surface area (Å²) in [4.78, 5) is 14.3. The van der Waals surface area contributed by atoms with Crippen LogP contribution in [-0.2, 0) is 19.0 Å². The predicted octanol–water partition coefficient (Wildman–Crippen LogP) is 2.32. The lowest BCUT2D eigenvalue weighted by molar-refractivity contribution is -0.157. The minimum absolute atomic E-state index is 0. The summed E-state index contributed by atoms with van der Waals surface area (Å²) >= 11 is 0. The quantitative estimate of drug-likeness (QED) is 0.731. The molecular weight excluding hydrogens is 294 g/mol. The highest BCUT2D eigenvalue weighted by molar-refractivity contribution is 5.85. The first-order valence-electron chi connectivity index (χ1n) is 7.37. The Morgan fingerprint density at radius 1 is 1.14 bits per heavy atom. The number of carbonyl (C=O) groups excluding carboxylic acids is 1. The van der Waals surface area contributed by atoms with Crippen LogP contribution in [0, 0.1) is 5.41 Å². The number of hydrogen-bond donors (Lipinski definition) is 0. The second-order valence-corrected chi connectivity index (χ2v) is 7.81. The molecule has 0 bridgehead atoms. The van der Waals surface area contributed by atoms with E-state index in [9.17, 15) is 4.79 Å². The number of rotatable bonds is 2. The Bertz CT molecular complexity index is 427. The molecule has 3 fully saturated rings. The normalized spacial score (nSPS) is 41.8. The fraction of sp³-hybridized carbons (Fsp3) is 0.933. The fourth-order valence-electron chi connectivity index (χ4n) is 3.78.